The van der Waals surface area contributed by atoms with E-state index < -0.39 is 0 Å². The summed E-state index contributed by atoms with van der Waals surface area (Å²) in [6.07, 6.45) is 4.51. The second-order valence-electron chi connectivity index (χ2n) is 6.31. The molecule has 0 unspecified atom stereocenters. The molecule has 0 spiro atoms. The molecule has 2 N–H and O–H groups in total. The highest BCUT2D eigenvalue weighted by Gasteiger charge is 2.15. The highest BCUT2D eigenvalue weighted by molar-refractivity contribution is 7.15. The maximum Gasteiger partial charge on any atom is 0.226 e. The van der Waals surface area contributed by atoms with Gasteiger partial charge in [0.25, 0.3) is 0 Å². The number of carbonyl (C=O) groups is 1. The molecule has 1 fully saturated rings. The minimum absolute atomic E-state index is 0.0302. The number of nitrogens with one attached hydrogen (secondary N) is 2. The Balaban J connectivity index is 1.48. The minimum Gasteiger partial charge on any atom is -0.497 e. The van der Waals surface area contributed by atoms with Gasteiger partial charge in [-0.05, 0) is 56.0 Å². The standard InChI is InChI=1S/C18H24N4O2S/c1-24-15-4-2-3-14(11-15)12-17-21-22-18(25-17)20-16(23)6-5-13-7-9-19-10-8-13/h2-4,11,13,19H,5-10,12H2,1H3,(H,20,22,23). The number of anilines is 1. The summed E-state index contributed by atoms with van der Waals surface area (Å²) in [5, 5.41) is 15.9. The molecule has 0 bridgehead atoms. The Morgan fingerprint density at radius 2 is 2.20 bits per heavy atom. The predicted octanol–water partition coefficient (Wildman–Crippen LogP) is 2.86. The summed E-state index contributed by atoms with van der Waals surface area (Å²) in [5.74, 6) is 1.51. The molecule has 1 aromatic carbocycles. The Kier molecular flexibility index (Phi) is 6.36. The first-order chi connectivity index (χ1) is 12.2. The second-order valence-corrected chi connectivity index (χ2v) is 7.37. The van der Waals surface area contributed by atoms with Gasteiger partial charge < -0.3 is 15.4 Å². The fourth-order valence-electron chi connectivity index (χ4n) is 3.02. The van der Waals surface area contributed by atoms with E-state index in [4.69, 9.17) is 4.74 Å². The molecule has 3 rings (SSSR count). The zero-order valence-electron chi connectivity index (χ0n) is 14.5. The number of nitrogens with zero attached hydrogens (tertiary/aromatic N) is 2. The molecule has 7 heteroatoms. The molecular weight excluding hydrogens is 336 g/mol. The predicted molar refractivity (Wildman–Crippen MR) is 99.2 cm³/mol. The van der Waals surface area contributed by atoms with Crippen LogP contribution in [0.5, 0.6) is 5.75 Å². The molecule has 0 aliphatic carbocycles. The van der Waals surface area contributed by atoms with Crippen molar-refractivity contribution in [1.29, 1.82) is 0 Å². The third kappa shape index (κ3) is 5.51. The van der Waals surface area contributed by atoms with Crippen molar-refractivity contribution in [1.82, 2.24) is 15.5 Å². The lowest BCUT2D eigenvalue weighted by atomic mass is 9.93. The molecule has 1 saturated heterocycles. The number of rotatable bonds is 7. The maximum absolute atomic E-state index is 12.1. The first kappa shape index (κ1) is 17.8. The van der Waals surface area contributed by atoms with Gasteiger partial charge in [0.15, 0.2) is 0 Å². The fourth-order valence-corrected chi connectivity index (χ4v) is 3.81. The summed E-state index contributed by atoms with van der Waals surface area (Å²) in [5.41, 5.74) is 1.11. The SMILES string of the molecule is COc1cccc(Cc2nnc(NC(=O)CCC3CCNCC3)s2)c1. The van der Waals surface area contributed by atoms with Crippen LogP contribution in [0, 0.1) is 5.92 Å². The number of hydrogen-bond donors (Lipinski definition) is 2. The Morgan fingerprint density at radius 3 is 3.00 bits per heavy atom. The molecular formula is C18H24N4O2S. The van der Waals surface area contributed by atoms with Gasteiger partial charge in [-0.2, -0.15) is 0 Å². The van der Waals surface area contributed by atoms with Gasteiger partial charge >= 0.3 is 0 Å². The van der Waals surface area contributed by atoms with E-state index in [-0.39, 0.29) is 5.91 Å². The molecule has 1 aliphatic rings. The van der Waals surface area contributed by atoms with Crippen LogP contribution in [0.25, 0.3) is 0 Å². The van der Waals surface area contributed by atoms with E-state index in [0.29, 0.717) is 23.9 Å². The highest BCUT2D eigenvalue weighted by Crippen LogP contribution is 2.22. The van der Waals surface area contributed by atoms with Gasteiger partial charge in [-0.1, -0.05) is 23.5 Å². The number of piperidine rings is 1. The third-order valence-corrected chi connectivity index (χ3v) is 5.28. The van der Waals surface area contributed by atoms with Crippen LogP contribution in [0.2, 0.25) is 0 Å². The Bertz CT molecular complexity index is 698. The molecule has 1 amide bonds. The lowest BCUT2D eigenvalue weighted by molar-refractivity contribution is -0.116. The van der Waals surface area contributed by atoms with Crippen LogP contribution in [0.15, 0.2) is 24.3 Å². The Morgan fingerprint density at radius 1 is 1.36 bits per heavy atom. The van der Waals surface area contributed by atoms with Crippen molar-refractivity contribution in [3.8, 4) is 5.75 Å². The van der Waals surface area contributed by atoms with Crippen molar-refractivity contribution in [3.05, 3.63) is 34.8 Å². The first-order valence-corrected chi connectivity index (χ1v) is 9.50. The lowest BCUT2D eigenvalue weighted by Crippen LogP contribution is -2.28. The summed E-state index contributed by atoms with van der Waals surface area (Å²) in [6.45, 7) is 2.13. The number of methoxy groups -OCH3 is 1. The number of carbonyl (C=O) groups excluding carboxylic acids is 1. The van der Waals surface area contributed by atoms with Crippen molar-refractivity contribution in [2.75, 3.05) is 25.5 Å². The van der Waals surface area contributed by atoms with E-state index in [1.54, 1.807) is 7.11 Å². The minimum atomic E-state index is 0.0302. The van der Waals surface area contributed by atoms with Crippen molar-refractivity contribution in [2.45, 2.75) is 32.1 Å². The van der Waals surface area contributed by atoms with Crippen molar-refractivity contribution >= 4 is 22.4 Å². The molecule has 25 heavy (non-hydrogen) atoms. The number of hydrogen-bond acceptors (Lipinski definition) is 6. The van der Waals surface area contributed by atoms with Gasteiger partial charge in [0.2, 0.25) is 11.0 Å². The van der Waals surface area contributed by atoms with Gasteiger partial charge in [-0.25, -0.2) is 0 Å². The third-order valence-electron chi connectivity index (χ3n) is 4.44. The van der Waals surface area contributed by atoms with Crippen LogP contribution < -0.4 is 15.4 Å². The Labute approximate surface area is 152 Å². The zero-order chi connectivity index (χ0) is 17.5. The smallest absolute Gasteiger partial charge is 0.226 e. The number of aromatic nitrogens is 2. The van der Waals surface area contributed by atoms with Crippen molar-refractivity contribution < 1.29 is 9.53 Å². The summed E-state index contributed by atoms with van der Waals surface area (Å²) < 4.78 is 5.23. The molecule has 0 atom stereocenters. The Hall–Kier alpha value is -1.99. The van der Waals surface area contributed by atoms with E-state index in [0.717, 1.165) is 48.7 Å². The van der Waals surface area contributed by atoms with Crippen LogP contribution in [0.4, 0.5) is 5.13 Å². The van der Waals surface area contributed by atoms with E-state index in [1.807, 2.05) is 24.3 Å². The fraction of sp³-hybridized carbons (Fsp3) is 0.500. The molecule has 1 aromatic heterocycles. The number of benzene rings is 1. The largest absolute Gasteiger partial charge is 0.497 e. The molecule has 1 aliphatic heterocycles. The zero-order valence-corrected chi connectivity index (χ0v) is 15.3. The molecule has 2 heterocycles. The van der Waals surface area contributed by atoms with Crippen LogP contribution in [0.3, 0.4) is 0 Å². The highest BCUT2D eigenvalue weighted by atomic mass is 32.1. The average Bonchev–Trinajstić information content (AvgIpc) is 3.07. The molecule has 0 saturated carbocycles. The average molecular weight is 360 g/mol. The quantitative estimate of drug-likeness (QED) is 0.794. The topological polar surface area (TPSA) is 76.1 Å². The van der Waals surface area contributed by atoms with E-state index in [2.05, 4.69) is 20.8 Å². The van der Waals surface area contributed by atoms with Gasteiger partial charge in [0, 0.05) is 12.8 Å². The van der Waals surface area contributed by atoms with Gasteiger partial charge in [0.1, 0.15) is 10.8 Å². The van der Waals surface area contributed by atoms with Gasteiger partial charge in [-0.3, -0.25) is 4.79 Å². The molecule has 6 nitrogen and oxygen atoms in total. The monoisotopic (exact) mass is 360 g/mol. The van der Waals surface area contributed by atoms with Crippen LogP contribution in [-0.2, 0) is 11.2 Å². The number of amides is 1. The van der Waals surface area contributed by atoms with Gasteiger partial charge in [-0.15, -0.1) is 10.2 Å². The summed E-state index contributed by atoms with van der Waals surface area (Å²) >= 11 is 1.43. The van der Waals surface area contributed by atoms with Crippen LogP contribution in [-0.4, -0.2) is 36.3 Å². The van der Waals surface area contributed by atoms with E-state index in [1.165, 1.54) is 11.3 Å². The first-order valence-electron chi connectivity index (χ1n) is 8.69. The van der Waals surface area contributed by atoms with Crippen molar-refractivity contribution in [3.63, 3.8) is 0 Å². The van der Waals surface area contributed by atoms with E-state index >= 15 is 0 Å². The summed E-state index contributed by atoms with van der Waals surface area (Å²) in [4.78, 5) is 12.1. The summed E-state index contributed by atoms with van der Waals surface area (Å²) in [6, 6.07) is 7.89. The van der Waals surface area contributed by atoms with Crippen LogP contribution >= 0.6 is 11.3 Å². The van der Waals surface area contributed by atoms with Crippen LogP contribution in [0.1, 0.15) is 36.3 Å². The second kappa shape index (κ2) is 8.92. The molecule has 0 radical (unpaired) electrons. The number of ether oxygens (including phenoxy) is 1. The normalized spacial score (nSPS) is 15.1. The van der Waals surface area contributed by atoms with Gasteiger partial charge in [0.05, 0.1) is 7.11 Å². The van der Waals surface area contributed by atoms with Crippen molar-refractivity contribution in [2.24, 2.45) is 5.92 Å². The summed E-state index contributed by atoms with van der Waals surface area (Å²) in [7, 11) is 1.65. The van der Waals surface area contributed by atoms with E-state index in [9.17, 15) is 4.79 Å². The lowest BCUT2D eigenvalue weighted by Gasteiger charge is -2.21. The maximum atomic E-state index is 12.1. The molecule has 2 aromatic rings. The molecule has 134 valence electrons.